The summed E-state index contributed by atoms with van der Waals surface area (Å²) in [7, 11) is 0. The first-order chi connectivity index (χ1) is 9.97. The minimum absolute atomic E-state index is 0.111. The van der Waals surface area contributed by atoms with E-state index < -0.39 is 34.4 Å². The molecule has 0 nitrogen and oxygen atoms in total. The van der Waals surface area contributed by atoms with Crippen LogP contribution in [0, 0.1) is 30.2 Å². The SMILES string of the molecule is CC.CCc1c(F)c(F)c(-c2ccc(C)cc2)c(F)c1F. The van der Waals surface area contributed by atoms with E-state index in [0.29, 0.717) is 0 Å². The van der Waals surface area contributed by atoms with Gasteiger partial charge in [-0.3, -0.25) is 0 Å². The van der Waals surface area contributed by atoms with E-state index in [1.807, 2.05) is 13.8 Å². The Morgan fingerprint density at radius 3 is 1.57 bits per heavy atom. The van der Waals surface area contributed by atoms with Gasteiger partial charge in [-0.1, -0.05) is 50.6 Å². The Hall–Kier alpha value is -1.84. The van der Waals surface area contributed by atoms with E-state index in [0.717, 1.165) is 5.56 Å². The van der Waals surface area contributed by atoms with E-state index in [1.165, 1.54) is 19.1 Å². The third-order valence-electron chi connectivity index (χ3n) is 3.05. The van der Waals surface area contributed by atoms with Gasteiger partial charge in [0.15, 0.2) is 23.3 Å². The maximum Gasteiger partial charge on any atom is 0.170 e. The van der Waals surface area contributed by atoms with Gasteiger partial charge in [0.2, 0.25) is 0 Å². The van der Waals surface area contributed by atoms with Crippen LogP contribution in [-0.4, -0.2) is 0 Å². The summed E-state index contributed by atoms with van der Waals surface area (Å²) >= 11 is 0. The van der Waals surface area contributed by atoms with Gasteiger partial charge in [-0.05, 0) is 18.9 Å². The largest absolute Gasteiger partial charge is 0.203 e. The number of aryl methyl sites for hydroxylation is 1. The average Bonchev–Trinajstić information content (AvgIpc) is 2.50. The monoisotopic (exact) mass is 298 g/mol. The van der Waals surface area contributed by atoms with Gasteiger partial charge in [-0.15, -0.1) is 0 Å². The fourth-order valence-electron chi connectivity index (χ4n) is 1.96. The smallest absolute Gasteiger partial charge is 0.170 e. The van der Waals surface area contributed by atoms with E-state index in [9.17, 15) is 17.6 Å². The molecular formula is C17H18F4. The maximum atomic E-state index is 13.9. The van der Waals surface area contributed by atoms with Crippen LogP contribution in [0.4, 0.5) is 17.6 Å². The third kappa shape index (κ3) is 3.26. The lowest BCUT2D eigenvalue weighted by Crippen LogP contribution is -2.05. The van der Waals surface area contributed by atoms with Crippen molar-refractivity contribution in [3.05, 3.63) is 58.7 Å². The Kier molecular flexibility index (Phi) is 5.94. The first-order valence-electron chi connectivity index (χ1n) is 6.89. The van der Waals surface area contributed by atoms with Crippen molar-refractivity contribution in [2.24, 2.45) is 0 Å². The van der Waals surface area contributed by atoms with E-state index in [-0.39, 0.29) is 12.0 Å². The quantitative estimate of drug-likeness (QED) is 0.485. The number of hydrogen-bond donors (Lipinski definition) is 0. The van der Waals surface area contributed by atoms with Crippen molar-refractivity contribution in [2.75, 3.05) is 0 Å². The average molecular weight is 298 g/mol. The minimum atomic E-state index is -1.35. The van der Waals surface area contributed by atoms with Gasteiger partial charge in [0.1, 0.15) is 0 Å². The fraction of sp³-hybridized carbons (Fsp3) is 0.294. The summed E-state index contributed by atoms with van der Waals surface area (Å²) in [6.45, 7) is 7.24. The van der Waals surface area contributed by atoms with E-state index >= 15 is 0 Å². The second kappa shape index (κ2) is 7.25. The van der Waals surface area contributed by atoms with Gasteiger partial charge < -0.3 is 0 Å². The van der Waals surface area contributed by atoms with Crippen molar-refractivity contribution >= 4 is 0 Å². The molecule has 0 aromatic heterocycles. The van der Waals surface area contributed by atoms with Crippen molar-refractivity contribution in [3.63, 3.8) is 0 Å². The normalized spacial score (nSPS) is 10.1. The second-order valence-electron chi connectivity index (χ2n) is 4.33. The van der Waals surface area contributed by atoms with Crippen LogP contribution >= 0.6 is 0 Å². The summed E-state index contributed by atoms with van der Waals surface area (Å²) in [4.78, 5) is 0. The molecule has 0 bridgehead atoms. The minimum Gasteiger partial charge on any atom is -0.203 e. The van der Waals surface area contributed by atoms with Crippen LogP contribution in [0.3, 0.4) is 0 Å². The zero-order valence-electron chi connectivity index (χ0n) is 12.5. The van der Waals surface area contributed by atoms with Crippen LogP contribution in [0.15, 0.2) is 24.3 Å². The van der Waals surface area contributed by atoms with Crippen molar-refractivity contribution in [2.45, 2.75) is 34.1 Å². The summed E-state index contributed by atoms with van der Waals surface area (Å²) in [5.41, 5.74) is -0.227. The van der Waals surface area contributed by atoms with Gasteiger partial charge >= 0.3 is 0 Å². The number of rotatable bonds is 2. The van der Waals surface area contributed by atoms with Crippen molar-refractivity contribution in [1.82, 2.24) is 0 Å². The highest BCUT2D eigenvalue weighted by Crippen LogP contribution is 2.32. The predicted octanol–water partition coefficient (Wildman–Crippen LogP) is 5.81. The molecule has 0 aliphatic carbocycles. The van der Waals surface area contributed by atoms with Gasteiger partial charge in [-0.25, -0.2) is 17.6 Å². The number of hydrogen-bond acceptors (Lipinski definition) is 0. The molecule has 0 aliphatic rings. The number of benzene rings is 2. The molecule has 0 saturated carbocycles. The highest BCUT2D eigenvalue weighted by Gasteiger charge is 2.25. The zero-order chi connectivity index (χ0) is 16.2. The number of halogens is 4. The Morgan fingerprint density at radius 2 is 1.19 bits per heavy atom. The van der Waals surface area contributed by atoms with Crippen LogP contribution in [0.25, 0.3) is 11.1 Å². The molecule has 114 valence electrons. The van der Waals surface area contributed by atoms with E-state index in [1.54, 1.807) is 19.1 Å². The predicted molar refractivity (Wildman–Crippen MR) is 77.2 cm³/mol. The Bertz CT molecular complexity index is 587. The molecule has 0 atom stereocenters. The molecule has 0 radical (unpaired) electrons. The van der Waals surface area contributed by atoms with Crippen molar-refractivity contribution in [1.29, 1.82) is 0 Å². The third-order valence-corrected chi connectivity index (χ3v) is 3.05. The molecule has 0 heterocycles. The molecule has 0 amide bonds. The highest BCUT2D eigenvalue weighted by molar-refractivity contribution is 5.66. The summed E-state index contributed by atoms with van der Waals surface area (Å²) < 4.78 is 55.2. The van der Waals surface area contributed by atoms with Crippen LogP contribution in [0.5, 0.6) is 0 Å². The summed E-state index contributed by atoms with van der Waals surface area (Å²) in [6, 6.07) is 6.11. The molecule has 21 heavy (non-hydrogen) atoms. The summed E-state index contributed by atoms with van der Waals surface area (Å²) in [5, 5.41) is 0. The molecular weight excluding hydrogens is 280 g/mol. The van der Waals surface area contributed by atoms with Crippen molar-refractivity contribution in [3.8, 4) is 11.1 Å². The van der Waals surface area contributed by atoms with Gasteiger partial charge in [-0.2, -0.15) is 0 Å². The molecule has 0 spiro atoms. The first-order valence-corrected chi connectivity index (χ1v) is 6.89. The van der Waals surface area contributed by atoms with Crippen LogP contribution in [0.2, 0.25) is 0 Å². The highest BCUT2D eigenvalue weighted by atomic mass is 19.2. The Labute approximate surface area is 122 Å². The van der Waals surface area contributed by atoms with Gasteiger partial charge in [0, 0.05) is 5.56 Å². The lowest BCUT2D eigenvalue weighted by molar-refractivity contribution is 0.444. The van der Waals surface area contributed by atoms with Crippen LogP contribution in [0.1, 0.15) is 31.9 Å². The molecule has 0 saturated heterocycles. The standard InChI is InChI=1S/C15H12F4.C2H6/c1-3-10-12(16)14(18)11(15(19)13(10)17)9-6-4-8(2)5-7-9;1-2/h4-7H,3H2,1-2H3;1-2H3. The molecule has 2 aromatic carbocycles. The maximum absolute atomic E-state index is 13.9. The van der Waals surface area contributed by atoms with Gasteiger partial charge in [0.25, 0.3) is 0 Å². The van der Waals surface area contributed by atoms with E-state index in [2.05, 4.69) is 0 Å². The molecule has 0 aliphatic heterocycles. The molecule has 2 aromatic rings. The summed E-state index contributed by atoms with van der Waals surface area (Å²) in [6.07, 6.45) is -0.111. The van der Waals surface area contributed by atoms with Crippen molar-refractivity contribution < 1.29 is 17.6 Å². The Morgan fingerprint density at radius 1 is 0.762 bits per heavy atom. The van der Waals surface area contributed by atoms with Crippen LogP contribution in [-0.2, 0) is 6.42 Å². The molecule has 2 rings (SSSR count). The zero-order valence-corrected chi connectivity index (χ0v) is 12.5. The second-order valence-corrected chi connectivity index (χ2v) is 4.33. The first kappa shape index (κ1) is 17.2. The lowest BCUT2D eigenvalue weighted by Gasteiger charge is -2.11. The lowest BCUT2D eigenvalue weighted by atomic mass is 9.99. The molecule has 0 unspecified atom stereocenters. The summed E-state index contributed by atoms with van der Waals surface area (Å²) in [5.74, 6) is -5.34. The molecule has 0 fully saturated rings. The van der Waals surface area contributed by atoms with Gasteiger partial charge in [0.05, 0.1) is 5.56 Å². The molecule has 0 N–H and O–H groups in total. The topological polar surface area (TPSA) is 0 Å². The fourth-order valence-corrected chi connectivity index (χ4v) is 1.96. The van der Waals surface area contributed by atoms with E-state index in [4.69, 9.17) is 0 Å². The Balaban J connectivity index is 0.00000106. The van der Waals surface area contributed by atoms with Crippen LogP contribution < -0.4 is 0 Å². The molecule has 4 heteroatoms.